The zero-order valence-electron chi connectivity index (χ0n) is 16.2. The first-order valence-corrected chi connectivity index (χ1v) is 9.61. The SMILES string of the molecule is CC(CO)C1=CC(=O)C2(C)CC3(O)OC4(C(=O)C13C)C(O)C(C)CCC24O. The number of carbonyl (C=O) groups excluding carboxylic acids is 2. The molecular formula is C20H28O7. The van der Waals surface area contributed by atoms with Gasteiger partial charge in [-0.1, -0.05) is 13.8 Å². The Morgan fingerprint density at radius 2 is 1.93 bits per heavy atom. The van der Waals surface area contributed by atoms with Gasteiger partial charge in [-0.15, -0.1) is 0 Å². The maximum absolute atomic E-state index is 13.9. The van der Waals surface area contributed by atoms with Crippen LogP contribution >= 0.6 is 0 Å². The minimum absolute atomic E-state index is 0.115. The first-order valence-electron chi connectivity index (χ1n) is 9.61. The van der Waals surface area contributed by atoms with E-state index in [0.717, 1.165) is 0 Å². The van der Waals surface area contributed by atoms with Crippen LogP contribution in [0.4, 0.5) is 0 Å². The second kappa shape index (κ2) is 5.07. The highest BCUT2D eigenvalue weighted by atomic mass is 16.7. The molecule has 8 atom stereocenters. The number of fused-ring (bicyclic) bond motifs is 2. The van der Waals surface area contributed by atoms with Crippen molar-refractivity contribution in [2.24, 2.45) is 22.7 Å². The molecule has 1 saturated carbocycles. The molecule has 3 fully saturated rings. The molecule has 0 aromatic carbocycles. The fourth-order valence-corrected chi connectivity index (χ4v) is 6.21. The molecule has 2 aliphatic heterocycles. The van der Waals surface area contributed by atoms with Crippen LogP contribution in [0.5, 0.6) is 0 Å². The number of aliphatic hydroxyl groups is 4. The smallest absolute Gasteiger partial charge is 0.186 e. The summed E-state index contributed by atoms with van der Waals surface area (Å²) < 4.78 is 5.96. The van der Waals surface area contributed by atoms with Crippen LogP contribution in [-0.2, 0) is 14.3 Å². The normalized spacial score (nSPS) is 55.2. The van der Waals surface area contributed by atoms with Crippen molar-refractivity contribution in [1.82, 2.24) is 0 Å². The number of ether oxygens (including phenoxy) is 1. The first kappa shape index (κ1) is 19.2. The molecule has 0 radical (unpaired) electrons. The summed E-state index contributed by atoms with van der Waals surface area (Å²) in [4.78, 5) is 27.2. The van der Waals surface area contributed by atoms with E-state index < -0.39 is 51.4 Å². The molecule has 0 aromatic rings. The average molecular weight is 380 g/mol. The molecule has 2 heterocycles. The van der Waals surface area contributed by atoms with Crippen molar-refractivity contribution in [3.05, 3.63) is 11.6 Å². The number of rotatable bonds is 2. The Hall–Kier alpha value is -1.12. The van der Waals surface area contributed by atoms with Gasteiger partial charge in [-0.05, 0) is 44.3 Å². The van der Waals surface area contributed by atoms with Gasteiger partial charge >= 0.3 is 0 Å². The number of hydrogen-bond acceptors (Lipinski definition) is 7. The van der Waals surface area contributed by atoms with Gasteiger partial charge in [-0.3, -0.25) is 9.59 Å². The van der Waals surface area contributed by atoms with Gasteiger partial charge in [0.05, 0.1) is 11.5 Å². The third-order valence-electron chi connectivity index (χ3n) is 8.15. The molecule has 7 nitrogen and oxygen atoms in total. The largest absolute Gasteiger partial charge is 0.396 e. The summed E-state index contributed by atoms with van der Waals surface area (Å²) in [5, 5.41) is 44.1. The lowest BCUT2D eigenvalue weighted by Crippen LogP contribution is -2.78. The van der Waals surface area contributed by atoms with Crippen LogP contribution < -0.4 is 0 Å². The van der Waals surface area contributed by atoms with Crippen molar-refractivity contribution < 1.29 is 34.8 Å². The Morgan fingerprint density at radius 1 is 1.30 bits per heavy atom. The number of allylic oxidation sites excluding steroid dienone is 1. The highest BCUT2D eigenvalue weighted by molar-refractivity contribution is 6.08. The molecule has 2 saturated heterocycles. The van der Waals surface area contributed by atoms with E-state index in [0.29, 0.717) is 6.42 Å². The Bertz CT molecular complexity index is 776. The summed E-state index contributed by atoms with van der Waals surface area (Å²) in [6.45, 7) is 6.16. The third kappa shape index (κ3) is 1.69. The van der Waals surface area contributed by atoms with E-state index in [1.807, 2.05) is 0 Å². The van der Waals surface area contributed by atoms with Crippen LogP contribution in [0, 0.1) is 22.7 Å². The minimum Gasteiger partial charge on any atom is -0.396 e. The van der Waals surface area contributed by atoms with Crippen LogP contribution in [0.25, 0.3) is 0 Å². The maximum atomic E-state index is 13.9. The molecule has 8 unspecified atom stereocenters. The Labute approximate surface area is 158 Å². The highest BCUT2D eigenvalue weighted by Crippen LogP contribution is 2.71. The van der Waals surface area contributed by atoms with E-state index in [1.54, 1.807) is 20.8 Å². The van der Waals surface area contributed by atoms with E-state index >= 15 is 0 Å². The molecule has 0 amide bonds. The van der Waals surface area contributed by atoms with Crippen LogP contribution in [0.15, 0.2) is 11.6 Å². The number of carbonyl (C=O) groups is 2. The van der Waals surface area contributed by atoms with Gasteiger partial charge in [-0.25, -0.2) is 0 Å². The van der Waals surface area contributed by atoms with Crippen LogP contribution in [0.3, 0.4) is 0 Å². The van der Waals surface area contributed by atoms with Crippen LogP contribution in [-0.4, -0.2) is 61.7 Å². The van der Waals surface area contributed by atoms with Crippen molar-refractivity contribution in [2.75, 3.05) is 6.61 Å². The lowest BCUT2D eigenvalue weighted by Gasteiger charge is -2.61. The first-order chi connectivity index (χ1) is 12.4. The van der Waals surface area contributed by atoms with Crippen LogP contribution in [0.2, 0.25) is 0 Å². The van der Waals surface area contributed by atoms with Gasteiger partial charge in [0.25, 0.3) is 0 Å². The van der Waals surface area contributed by atoms with Gasteiger partial charge < -0.3 is 25.2 Å². The second-order valence-electron chi connectivity index (χ2n) is 9.45. The van der Waals surface area contributed by atoms with Crippen LogP contribution in [0.1, 0.15) is 47.0 Å². The predicted molar refractivity (Wildman–Crippen MR) is 93.3 cm³/mol. The second-order valence-corrected chi connectivity index (χ2v) is 9.45. The molecule has 150 valence electrons. The number of aliphatic hydroxyl groups excluding tert-OH is 2. The highest BCUT2D eigenvalue weighted by Gasteiger charge is 2.87. The third-order valence-corrected chi connectivity index (χ3v) is 8.15. The van der Waals surface area contributed by atoms with E-state index in [2.05, 4.69) is 0 Å². The van der Waals surface area contributed by atoms with Crippen molar-refractivity contribution >= 4 is 11.6 Å². The molecule has 4 rings (SSSR count). The van der Waals surface area contributed by atoms with E-state index in [4.69, 9.17) is 4.74 Å². The molecule has 27 heavy (non-hydrogen) atoms. The lowest BCUT2D eigenvalue weighted by atomic mass is 9.51. The number of Topliss-reactive ketones (excluding diaryl/α,β-unsaturated/α-hetero) is 1. The van der Waals surface area contributed by atoms with E-state index in [9.17, 15) is 30.0 Å². The molecule has 3 bridgehead atoms. The summed E-state index contributed by atoms with van der Waals surface area (Å²) in [7, 11) is 0. The molecule has 7 heteroatoms. The zero-order chi connectivity index (χ0) is 20.2. The Balaban J connectivity index is 2.10. The molecule has 4 aliphatic rings. The van der Waals surface area contributed by atoms with Crippen molar-refractivity contribution in [1.29, 1.82) is 0 Å². The molecular weight excluding hydrogens is 352 g/mol. The van der Waals surface area contributed by atoms with Gasteiger partial charge in [-0.2, -0.15) is 0 Å². The monoisotopic (exact) mass is 380 g/mol. The average Bonchev–Trinajstić information content (AvgIpc) is 2.74. The maximum Gasteiger partial charge on any atom is 0.186 e. The Morgan fingerprint density at radius 3 is 2.52 bits per heavy atom. The Kier molecular flexibility index (Phi) is 3.61. The van der Waals surface area contributed by atoms with E-state index in [1.165, 1.54) is 13.0 Å². The predicted octanol–water partition coefficient (Wildman–Crippen LogP) is 0.0888. The summed E-state index contributed by atoms with van der Waals surface area (Å²) in [5.74, 6) is -3.99. The standard InChI is InChI=1S/C20H28O7/c1-10-5-6-18(25)16(3)9-19(26)17(4,12(7-13(16)22)11(2)8-21)15(24)20(18,27-19)14(10)23/h7,10-11,14,21,23,25-26H,5-6,8-9H2,1-4H3. The summed E-state index contributed by atoms with van der Waals surface area (Å²) in [6.07, 6.45) is 0.242. The fourth-order valence-electron chi connectivity index (χ4n) is 6.21. The fraction of sp³-hybridized carbons (Fsp3) is 0.800. The molecule has 1 spiro atoms. The lowest BCUT2D eigenvalue weighted by molar-refractivity contribution is -0.375. The van der Waals surface area contributed by atoms with Gasteiger partial charge in [0.1, 0.15) is 11.0 Å². The van der Waals surface area contributed by atoms with E-state index in [-0.39, 0.29) is 30.9 Å². The quantitative estimate of drug-likeness (QED) is 0.535. The molecule has 0 aromatic heterocycles. The molecule has 2 aliphatic carbocycles. The van der Waals surface area contributed by atoms with Crippen molar-refractivity contribution in [3.8, 4) is 0 Å². The van der Waals surface area contributed by atoms with Gasteiger partial charge in [0.15, 0.2) is 23.0 Å². The topological polar surface area (TPSA) is 124 Å². The number of ketones is 2. The minimum atomic E-state index is -2.08. The molecule has 4 N–H and O–H groups in total. The summed E-state index contributed by atoms with van der Waals surface area (Å²) >= 11 is 0. The summed E-state index contributed by atoms with van der Waals surface area (Å²) in [5.41, 5.74) is -6.85. The van der Waals surface area contributed by atoms with Gasteiger partial charge in [0.2, 0.25) is 0 Å². The van der Waals surface area contributed by atoms with Crippen molar-refractivity contribution in [2.45, 2.75) is 70.1 Å². The number of hydrogen-bond donors (Lipinski definition) is 4. The van der Waals surface area contributed by atoms with Gasteiger partial charge in [0, 0.05) is 18.9 Å². The summed E-state index contributed by atoms with van der Waals surface area (Å²) in [6, 6.07) is 0. The van der Waals surface area contributed by atoms with Crippen molar-refractivity contribution in [3.63, 3.8) is 0 Å². The zero-order valence-corrected chi connectivity index (χ0v) is 16.2.